The second-order valence-electron chi connectivity index (χ2n) is 5.73. The van der Waals surface area contributed by atoms with Crippen LogP contribution in [0.2, 0.25) is 0 Å². The summed E-state index contributed by atoms with van der Waals surface area (Å²) in [6, 6.07) is 17.3. The van der Waals surface area contributed by atoms with Gasteiger partial charge in [-0.15, -0.1) is 0 Å². The summed E-state index contributed by atoms with van der Waals surface area (Å²) in [5, 5.41) is 4.63. The zero-order chi connectivity index (χ0) is 15.0. The first-order chi connectivity index (χ1) is 10.0. The van der Waals surface area contributed by atoms with Crippen molar-refractivity contribution in [1.82, 2.24) is 9.78 Å². The first-order valence-electron chi connectivity index (χ1n) is 7.26. The molecule has 0 radical (unpaired) electrons. The lowest BCUT2D eigenvalue weighted by Crippen LogP contribution is -2.01. The van der Waals surface area contributed by atoms with Gasteiger partial charge < -0.3 is 0 Å². The van der Waals surface area contributed by atoms with Gasteiger partial charge in [0.2, 0.25) is 0 Å². The van der Waals surface area contributed by atoms with Crippen molar-refractivity contribution in [1.29, 1.82) is 0 Å². The molecular formula is C19H20N2. The Balaban J connectivity index is 2.22. The molecule has 106 valence electrons. The summed E-state index contributed by atoms with van der Waals surface area (Å²) in [6.45, 7) is 8.37. The molecule has 0 amide bonds. The first kappa shape index (κ1) is 13.6. The number of hydrogen-bond acceptors (Lipinski definition) is 1. The van der Waals surface area contributed by atoms with E-state index in [0.29, 0.717) is 0 Å². The molecule has 1 heterocycles. The Labute approximate surface area is 126 Å². The van der Waals surface area contributed by atoms with E-state index in [1.165, 1.54) is 22.3 Å². The number of aryl methyl sites for hydroxylation is 4. The van der Waals surface area contributed by atoms with E-state index in [1.54, 1.807) is 0 Å². The van der Waals surface area contributed by atoms with E-state index in [0.717, 1.165) is 17.1 Å². The van der Waals surface area contributed by atoms with E-state index in [1.807, 2.05) is 11.6 Å². The summed E-state index contributed by atoms with van der Waals surface area (Å²) in [5.74, 6) is 0. The van der Waals surface area contributed by atoms with Crippen molar-refractivity contribution >= 4 is 0 Å². The molecule has 0 saturated carbocycles. The van der Waals surface area contributed by atoms with Crippen LogP contribution in [0.4, 0.5) is 0 Å². The molecule has 21 heavy (non-hydrogen) atoms. The molecule has 0 unspecified atom stereocenters. The summed E-state index contributed by atoms with van der Waals surface area (Å²) >= 11 is 0. The molecule has 2 nitrogen and oxygen atoms in total. The molecule has 0 atom stereocenters. The van der Waals surface area contributed by atoms with E-state index in [-0.39, 0.29) is 0 Å². The largest absolute Gasteiger partial charge is 0.237 e. The SMILES string of the molecule is Cc1ccc(-c2cc(C)ccc2-n2nc(C)cc2C)cc1. The molecule has 2 aromatic carbocycles. The highest BCUT2D eigenvalue weighted by Crippen LogP contribution is 2.29. The monoisotopic (exact) mass is 276 g/mol. The van der Waals surface area contributed by atoms with Gasteiger partial charge in [-0.1, -0.05) is 41.5 Å². The first-order valence-corrected chi connectivity index (χ1v) is 7.26. The fraction of sp³-hybridized carbons (Fsp3) is 0.211. The lowest BCUT2D eigenvalue weighted by Gasteiger charge is -2.13. The van der Waals surface area contributed by atoms with Crippen LogP contribution in [0.3, 0.4) is 0 Å². The summed E-state index contributed by atoms with van der Waals surface area (Å²) in [6.07, 6.45) is 0. The van der Waals surface area contributed by atoms with Gasteiger partial charge in [0.15, 0.2) is 0 Å². The van der Waals surface area contributed by atoms with Gasteiger partial charge in [-0.25, -0.2) is 4.68 Å². The lowest BCUT2D eigenvalue weighted by atomic mass is 10.0. The molecule has 0 aliphatic carbocycles. The van der Waals surface area contributed by atoms with Crippen LogP contribution in [0.15, 0.2) is 48.5 Å². The number of benzene rings is 2. The van der Waals surface area contributed by atoms with Crippen LogP contribution in [-0.2, 0) is 0 Å². The summed E-state index contributed by atoms with van der Waals surface area (Å²) in [4.78, 5) is 0. The third kappa shape index (κ3) is 2.62. The van der Waals surface area contributed by atoms with Crippen molar-refractivity contribution in [2.75, 3.05) is 0 Å². The van der Waals surface area contributed by atoms with Crippen LogP contribution in [-0.4, -0.2) is 9.78 Å². The topological polar surface area (TPSA) is 17.8 Å². The van der Waals surface area contributed by atoms with Gasteiger partial charge >= 0.3 is 0 Å². The molecule has 3 aromatic rings. The van der Waals surface area contributed by atoms with Crippen LogP contribution in [0.1, 0.15) is 22.5 Å². The Morgan fingerprint density at radius 1 is 0.762 bits per heavy atom. The normalized spacial score (nSPS) is 10.9. The van der Waals surface area contributed by atoms with Crippen molar-refractivity contribution in [2.24, 2.45) is 0 Å². The fourth-order valence-electron chi connectivity index (χ4n) is 2.67. The van der Waals surface area contributed by atoms with Gasteiger partial charge in [0.05, 0.1) is 11.4 Å². The van der Waals surface area contributed by atoms with Crippen LogP contribution >= 0.6 is 0 Å². The van der Waals surface area contributed by atoms with Crippen molar-refractivity contribution in [3.05, 3.63) is 71.0 Å². The van der Waals surface area contributed by atoms with Gasteiger partial charge in [0.25, 0.3) is 0 Å². The Morgan fingerprint density at radius 2 is 1.43 bits per heavy atom. The van der Waals surface area contributed by atoms with Crippen molar-refractivity contribution < 1.29 is 0 Å². The molecule has 0 fully saturated rings. The van der Waals surface area contributed by atoms with Crippen molar-refractivity contribution in [3.63, 3.8) is 0 Å². The van der Waals surface area contributed by atoms with Gasteiger partial charge in [-0.3, -0.25) is 0 Å². The number of rotatable bonds is 2. The molecular weight excluding hydrogens is 256 g/mol. The Morgan fingerprint density at radius 3 is 2.05 bits per heavy atom. The zero-order valence-electron chi connectivity index (χ0n) is 13.0. The van der Waals surface area contributed by atoms with Gasteiger partial charge in [0.1, 0.15) is 0 Å². The fourth-order valence-corrected chi connectivity index (χ4v) is 2.67. The molecule has 3 rings (SSSR count). The summed E-state index contributed by atoms with van der Waals surface area (Å²) in [7, 11) is 0. The van der Waals surface area contributed by atoms with Crippen molar-refractivity contribution in [2.45, 2.75) is 27.7 Å². The second-order valence-corrected chi connectivity index (χ2v) is 5.73. The van der Waals surface area contributed by atoms with Gasteiger partial charge in [-0.2, -0.15) is 5.10 Å². The van der Waals surface area contributed by atoms with E-state index in [4.69, 9.17) is 0 Å². The van der Waals surface area contributed by atoms with Gasteiger partial charge in [-0.05, 0) is 51.5 Å². The maximum Gasteiger partial charge on any atom is 0.0727 e. The molecule has 0 aliphatic heterocycles. The van der Waals surface area contributed by atoms with E-state index in [9.17, 15) is 0 Å². The number of hydrogen-bond donors (Lipinski definition) is 0. The molecule has 0 saturated heterocycles. The molecule has 0 N–H and O–H groups in total. The summed E-state index contributed by atoms with van der Waals surface area (Å²) < 4.78 is 2.03. The molecule has 2 heteroatoms. The van der Waals surface area contributed by atoms with Crippen LogP contribution in [0, 0.1) is 27.7 Å². The molecule has 1 aromatic heterocycles. The minimum absolute atomic E-state index is 1.04. The Kier molecular flexibility index (Phi) is 3.38. The predicted molar refractivity (Wildman–Crippen MR) is 87.9 cm³/mol. The highest BCUT2D eigenvalue weighted by atomic mass is 15.3. The average molecular weight is 276 g/mol. The van der Waals surface area contributed by atoms with Crippen molar-refractivity contribution in [3.8, 4) is 16.8 Å². The Hall–Kier alpha value is -2.35. The molecule has 0 spiro atoms. The van der Waals surface area contributed by atoms with Crippen LogP contribution in [0.5, 0.6) is 0 Å². The predicted octanol–water partition coefficient (Wildman–Crippen LogP) is 4.77. The number of nitrogens with zero attached hydrogens (tertiary/aromatic N) is 2. The summed E-state index contributed by atoms with van der Waals surface area (Å²) in [5.41, 5.74) is 8.32. The Bertz CT molecular complexity index is 780. The molecule has 0 bridgehead atoms. The van der Waals surface area contributed by atoms with E-state index < -0.39 is 0 Å². The van der Waals surface area contributed by atoms with E-state index >= 15 is 0 Å². The third-order valence-electron chi connectivity index (χ3n) is 3.75. The van der Waals surface area contributed by atoms with Gasteiger partial charge in [0, 0.05) is 11.3 Å². The maximum absolute atomic E-state index is 4.63. The average Bonchev–Trinajstić information content (AvgIpc) is 2.78. The standard InChI is InChI=1S/C19H20N2/c1-13-5-8-17(9-6-13)18-11-14(2)7-10-19(18)21-16(4)12-15(3)20-21/h5-12H,1-4H3. The maximum atomic E-state index is 4.63. The quantitative estimate of drug-likeness (QED) is 0.659. The highest BCUT2D eigenvalue weighted by Gasteiger charge is 2.11. The smallest absolute Gasteiger partial charge is 0.0727 e. The molecule has 0 aliphatic rings. The highest BCUT2D eigenvalue weighted by molar-refractivity contribution is 5.74. The second kappa shape index (κ2) is 5.21. The minimum atomic E-state index is 1.04. The minimum Gasteiger partial charge on any atom is -0.237 e. The van der Waals surface area contributed by atoms with Crippen LogP contribution in [0.25, 0.3) is 16.8 Å². The van der Waals surface area contributed by atoms with E-state index in [2.05, 4.69) is 74.4 Å². The van der Waals surface area contributed by atoms with Crippen LogP contribution < -0.4 is 0 Å². The number of aromatic nitrogens is 2. The lowest BCUT2D eigenvalue weighted by molar-refractivity contribution is 0.835. The zero-order valence-corrected chi connectivity index (χ0v) is 13.0. The third-order valence-corrected chi connectivity index (χ3v) is 3.75.